The number of nitrogens with zero attached hydrogens (tertiary/aromatic N) is 1. The van der Waals surface area contributed by atoms with Crippen molar-refractivity contribution in [2.45, 2.75) is 38.2 Å². The van der Waals surface area contributed by atoms with E-state index in [1.165, 1.54) is 15.6 Å². The van der Waals surface area contributed by atoms with Crippen molar-refractivity contribution in [1.29, 1.82) is 0 Å². The maximum atomic E-state index is 12.5. The number of thiophene rings is 1. The van der Waals surface area contributed by atoms with E-state index in [1.54, 1.807) is 6.07 Å². The van der Waals surface area contributed by atoms with E-state index < -0.39 is 10.0 Å². The summed E-state index contributed by atoms with van der Waals surface area (Å²) in [5, 5.41) is 9.07. The van der Waals surface area contributed by atoms with Crippen LogP contribution in [0.1, 0.15) is 31.6 Å². The highest BCUT2D eigenvalue weighted by Crippen LogP contribution is 2.33. The molecule has 1 heterocycles. The van der Waals surface area contributed by atoms with E-state index in [4.69, 9.17) is 5.11 Å². The summed E-state index contributed by atoms with van der Waals surface area (Å²) >= 11 is 4.52. The molecule has 4 nitrogen and oxygen atoms in total. The van der Waals surface area contributed by atoms with Crippen molar-refractivity contribution in [1.82, 2.24) is 4.31 Å². The molecule has 0 saturated carbocycles. The molecule has 1 aromatic heterocycles. The van der Waals surface area contributed by atoms with Gasteiger partial charge in [-0.2, -0.15) is 4.31 Å². The first-order chi connectivity index (χ1) is 8.47. The summed E-state index contributed by atoms with van der Waals surface area (Å²) in [7, 11) is -3.46. The Hall–Kier alpha value is 0.0500. The Balaban J connectivity index is 3.12. The van der Waals surface area contributed by atoms with Gasteiger partial charge in [-0.25, -0.2) is 8.42 Å². The Morgan fingerprint density at radius 3 is 2.28 bits per heavy atom. The summed E-state index contributed by atoms with van der Waals surface area (Å²) in [5.74, 6) is 0. The second kappa shape index (κ2) is 7.00. The second-order valence-corrected chi connectivity index (χ2v) is 8.27. The largest absolute Gasteiger partial charge is 0.391 e. The minimum Gasteiger partial charge on any atom is -0.391 e. The maximum absolute atomic E-state index is 12.5. The van der Waals surface area contributed by atoms with Crippen LogP contribution in [0.4, 0.5) is 0 Å². The second-order valence-electron chi connectivity index (χ2n) is 3.91. The molecular formula is C11H18BrNO3S2. The lowest BCUT2D eigenvalue weighted by Gasteiger charge is -2.20. The summed E-state index contributed by atoms with van der Waals surface area (Å²) in [5.41, 5.74) is 0. The summed E-state index contributed by atoms with van der Waals surface area (Å²) in [4.78, 5) is 0.909. The zero-order valence-electron chi connectivity index (χ0n) is 10.5. The monoisotopic (exact) mass is 355 g/mol. The molecule has 0 spiro atoms. The maximum Gasteiger partial charge on any atom is 0.245 e. The summed E-state index contributed by atoms with van der Waals surface area (Å²) in [6, 6.07) is 1.54. The zero-order valence-corrected chi connectivity index (χ0v) is 13.7. The molecule has 0 saturated heterocycles. The number of hydrogen-bond donors (Lipinski definition) is 1. The predicted molar refractivity (Wildman–Crippen MR) is 77.3 cm³/mol. The van der Waals surface area contributed by atoms with Crippen LogP contribution < -0.4 is 0 Å². The molecule has 0 unspecified atom stereocenters. The van der Waals surface area contributed by atoms with E-state index >= 15 is 0 Å². The highest BCUT2D eigenvalue weighted by molar-refractivity contribution is 9.11. The Morgan fingerprint density at radius 2 is 1.89 bits per heavy atom. The molecule has 0 amide bonds. The van der Waals surface area contributed by atoms with E-state index in [0.717, 1.165) is 12.8 Å². The average Bonchev–Trinajstić information content (AvgIpc) is 2.71. The van der Waals surface area contributed by atoms with Crippen molar-refractivity contribution in [3.8, 4) is 0 Å². The lowest BCUT2D eigenvalue weighted by molar-refractivity contribution is 0.285. The molecular weight excluding hydrogens is 338 g/mol. The normalized spacial score (nSPS) is 12.3. The van der Waals surface area contributed by atoms with Gasteiger partial charge in [0.2, 0.25) is 10.0 Å². The molecule has 1 aromatic rings. The van der Waals surface area contributed by atoms with E-state index in [-0.39, 0.29) is 11.5 Å². The van der Waals surface area contributed by atoms with Crippen LogP contribution >= 0.6 is 27.3 Å². The molecule has 18 heavy (non-hydrogen) atoms. The lowest BCUT2D eigenvalue weighted by atomic mass is 10.4. The first-order valence-electron chi connectivity index (χ1n) is 5.86. The Kier molecular flexibility index (Phi) is 6.26. The van der Waals surface area contributed by atoms with Crippen LogP contribution in [0.2, 0.25) is 0 Å². The third-order valence-electron chi connectivity index (χ3n) is 2.43. The standard InChI is InChI=1S/C11H18BrNO3S2/c1-3-5-13(6-4-2)18(15,16)10-7-9(8-14)17-11(10)12/h7,14H,3-6,8H2,1-2H3. The van der Waals surface area contributed by atoms with Crippen LogP contribution in [0.15, 0.2) is 14.7 Å². The molecule has 7 heteroatoms. The van der Waals surface area contributed by atoms with Gasteiger partial charge in [0.25, 0.3) is 0 Å². The highest BCUT2D eigenvalue weighted by atomic mass is 79.9. The van der Waals surface area contributed by atoms with Gasteiger partial charge in [0, 0.05) is 18.0 Å². The Morgan fingerprint density at radius 1 is 1.33 bits per heavy atom. The van der Waals surface area contributed by atoms with Gasteiger partial charge in [0.15, 0.2) is 0 Å². The Bertz CT molecular complexity index is 478. The number of aliphatic hydroxyl groups excluding tert-OH is 1. The van der Waals surface area contributed by atoms with Crippen LogP contribution in [0.3, 0.4) is 0 Å². The SMILES string of the molecule is CCCN(CCC)S(=O)(=O)c1cc(CO)sc1Br. The predicted octanol–water partition coefficient (Wildman–Crippen LogP) is 2.81. The number of rotatable bonds is 7. The molecule has 1 N–H and O–H groups in total. The fourth-order valence-corrected chi connectivity index (χ4v) is 5.76. The summed E-state index contributed by atoms with van der Waals surface area (Å²) in [6.45, 7) is 4.82. The Labute approximate surface area is 121 Å². The first-order valence-corrected chi connectivity index (χ1v) is 8.91. The number of aliphatic hydroxyl groups is 1. The molecule has 104 valence electrons. The molecule has 1 rings (SSSR count). The van der Waals surface area contributed by atoms with Crippen molar-refractivity contribution in [3.63, 3.8) is 0 Å². The fraction of sp³-hybridized carbons (Fsp3) is 0.636. The van der Waals surface area contributed by atoms with Crippen LogP contribution in [0, 0.1) is 0 Å². The highest BCUT2D eigenvalue weighted by Gasteiger charge is 2.27. The average molecular weight is 356 g/mol. The minimum atomic E-state index is -3.46. The van der Waals surface area contributed by atoms with Crippen LogP contribution in [-0.4, -0.2) is 30.9 Å². The number of halogens is 1. The molecule has 0 radical (unpaired) electrons. The van der Waals surface area contributed by atoms with Gasteiger partial charge in [0.1, 0.15) is 4.90 Å². The lowest BCUT2D eigenvalue weighted by Crippen LogP contribution is -2.32. The molecule has 0 fully saturated rings. The quantitative estimate of drug-likeness (QED) is 0.817. The fourth-order valence-electron chi connectivity index (χ4n) is 1.64. The third kappa shape index (κ3) is 3.54. The summed E-state index contributed by atoms with van der Waals surface area (Å²) in [6.07, 6.45) is 1.57. The van der Waals surface area contributed by atoms with E-state index in [2.05, 4.69) is 15.9 Å². The van der Waals surface area contributed by atoms with Gasteiger partial charge < -0.3 is 5.11 Å². The number of sulfonamides is 1. The first kappa shape index (κ1) is 16.1. The van der Waals surface area contributed by atoms with Gasteiger partial charge in [-0.3, -0.25) is 0 Å². The van der Waals surface area contributed by atoms with E-state index in [9.17, 15) is 8.42 Å². The minimum absolute atomic E-state index is 0.139. The van der Waals surface area contributed by atoms with Crippen molar-refractivity contribution < 1.29 is 13.5 Å². The van der Waals surface area contributed by atoms with Crippen molar-refractivity contribution in [2.75, 3.05) is 13.1 Å². The molecule has 0 bridgehead atoms. The molecule has 0 atom stereocenters. The van der Waals surface area contributed by atoms with Gasteiger partial charge in [-0.1, -0.05) is 13.8 Å². The van der Waals surface area contributed by atoms with Crippen molar-refractivity contribution in [3.05, 3.63) is 14.7 Å². The van der Waals surface area contributed by atoms with Crippen molar-refractivity contribution in [2.24, 2.45) is 0 Å². The van der Waals surface area contributed by atoms with E-state index in [1.807, 2.05) is 13.8 Å². The smallest absolute Gasteiger partial charge is 0.245 e. The van der Waals surface area contributed by atoms with Gasteiger partial charge >= 0.3 is 0 Å². The van der Waals surface area contributed by atoms with E-state index in [0.29, 0.717) is 21.8 Å². The summed E-state index contributed by atoms with van der Waals surface area (Å²) < 4.78 is 27.0. The number of hydrogen-bond acceptors (Lipinski definition) is 4. The van der Waals surface area contributed by atoms with Gasteiger partial charge in [0.05, 0.1) is 10.4 Å². The topological polar surface area (TPSA) is 57.6 Å². The van der Waals surface area contributed by atoms with Crippen LogP contribution in [0.25, 0.3) is 0 Å². The zero-order chi connectivity index (χ0) is 13.8. The van der Waals surface area contributed by atoms with Crippen LogP contribution in [0.5, 0.6) is 0 Å². The van der Waals surface area contributed by atoms with Crippen LogP contribution in [-0.2, 0) is 16.6 Å². The van der Waals surface area contributed by atoms with Crippen molar-refractivity contribution >= 4 is 37.3 Å². The van der Waals surface area contributed by atoms with Gasteiger partial charge in [-0.05, 0) is 34.8 Å². The molecule has 0 aromatic carbocycles. The van der Waals surface area contributed by atoms with Gasteiger partial charge in [-0.15, -0.1) is 11.3 Å². The molecule has 0 aliphatic heterocycles. The third-order valence-corrected chi connectivity index (χ3v) is 6.56. The molecule has 0 aliphatic rings. The molecule has 0 aliphatic carbocycles.